The van der Waals surface area contributed by atoms with Gasteiger partial charge in [0.1, 0.15) is 12.3 Å². The molecule has 0 bridgehead atoms. The van der Waals surface area contributed by atoms with Crippen molar-refractivity contribution < 1.29 is 9.53 Å². The van der Waals surface area contributed by atoms with Crippen molar-refractivity contribution in [3.8, 4) is 12.5 Å². The maximum absolute atomic E-state index is 13.5. The van der Waals surface area contributed by atoms with Gasteiger partial charge in [0.15, 0.2) is 0 Å². The molecule has 1 fully saturated rings. The topological polar surface area (TPSA) is 92.8 Å². The molecule has 3 rings (SSSR count). The van der Waals surface area contributed by atoms with Crippen molar-refractivity contribution in [1.82, 2.24) is 14.8 Å². The highest BCUT2D eigenvalue weighted by atomic mass is 16.5. The highest BCUT2D eigenvalue weighted by Crippen LogP contribution is 2.23. The third-order valence-electron chi connectivity index (χ3n) is 5.24. The molecule has 3 N–H and O–H groups in total. The second kappa shape index (κ2) is 10.7. The van der Waals surface area contributed by atoms with Crippen LogP contribution in [0.15, 0.2) is 47.8 Å². The van der Waals surface area contributed by atoms with Crippen LogP contribution in [-0.4, -0.2) is 48.4 Å². The molecule has 0 aliphatic carbocycles. The van der Waals surface area contributed by atoms with Crippen LogP contribution < -0.4 is 21.5 Å². The number of terminal acetylenes is 1. The lowest BCUT2D eigenvalue weighted by Crippen LogP contribution is -2.42. The standard InChI is InChI=1S/C24H29N5O3/c1-4-28(17-27-13-8-11-26-12-14-27)22-20(25)15-21(18(2)3)29(23(22)30)24(31)32-16-19-9-6-5-7-10-19/h1,5-7,9-10,15,26H,2,8,11-14,16-17,25H2,3H3. The van der Waals surface area contributed by atoms with Gasteiger partial charge in [0.2, 0.25) is 0 Å². The predicted octanol–water partition coefficient (Wildman–Crippen LogP) is 2.30. The van der Waals surface area contributed by atoms with Gasteiger partial charge in [-0.15, -0.1) is 0 Å². The number of hydrogen-bond donors (Lipinski definition) is 2. The first-order chi connectivity index (χ1) is 15.4. The van der Waals surface area contributed by atoms with E-state index in [0.29, 0.717) is 12.2 Å². The molecule has 0 amide bonds. The van der Waals surface area contributed by atoms with E-state index in [1.165, 1.54) is 11.0 Å². The summed E-state index contributed by atoms with van der Waals surface area (Å²) in [6.07, 6.45) is 5.91. The van der Waals surface area contributed by atoms with E-state index in [2.05, 4.69) is 22.8 Å². The van der Waals surface area contributed by atoms with Crippen molar-refractivity contribution in [3.05, 3.63) is 64.6 Å². The third kappa shape index (κ3) is 5.38. The van der Waals surface area contributed by atoms with Gasteiger partial charge in [0.25, 0.3) is 5.56 Å². The molecule has 168 valence electrons. The van der Waals surface area contributed by atoms with Crippen LogP contribution in [0.1, 0.15) is 24.6 Å². The van der Waals surface area contributed by atoms with Crippen LogP contribution in [0.25, 0.3) is 5.57 Å². The smallest absolute Gasteiger partial charge is 0.421 e. The first kappa shape index (κ1) is 23.1. The Bertz CT molecular complexity index is 1060. The summed E-state index contributed by atoms with van der Waals surface area (Å²) in [5.41, 5.74) is 7.45. The Kier molecular flexibility index (Phi) is 7.71. The van der Waals surface area contributed by atoms with E-state index in [-0.39, 0.29) is 23.7 Å². The SMILES string of the molecule is C#CN(CN1CCCNCC1)c1c(N)cc(C(=C)C)n(C(=O)OCc2ccccc2)c1=O. The predicted molar refractivity (Wildman–Crippen MR) is 127 cm³/mol. The number of nitrogen functional groups attached to an aromatic ring is 1. The molecular weight excluding hydrogens is 406 g/mol. The molecule has 8 nitrogen and oxygen atoms in total. The largest absolute Gasteiger partial charge is 0.444 e. The van der Waals surface area contributed by atoms with Gasteiger partial charge in [-0.3, -0.25) is 14.6 Å². The average Bonchev–Trinajstić information content (AvgIpc) is 3.05. The molecule has 2 aromatic rings. The van der Waals surface area contributed by atoms with E-state index in [0.717, 1.165) is 42.7 Å². The van der Waals surface area contributed by atoms with E-state index in [1.54, 1.807) is 6.92 Å². The van der Waals surface area contributed by atoms with Gasteiger partial charge in [0, 0.05) is 25.7 Å². The third-order valence-corrected chi connectivity index (χ3v) is 5.24. The summed E-state index contributed by atoms with van der Waals surface area (Å²) in [4.78, 5) is 30.0. The molecule has 0 saturated carbocycles. The summed E-state index contributed by atoms with van der Waals surface area (Å²) in [6.45, 7) is 9.31. The second-order valence-electron chi connectivity index (χ2n) is 7.71. The molecular formula is C24H29N5O3. The summed E-state index contributed by atoms with van der Waals surface area (Å²) in [5, 5.41) is 3.33. The summed E-state index contributed by atoms with van der Waals surface area (Å²) in [7, 11) is 0. The molecule has 32 heavy (non-hydrogen) atoms. The minimum Gasteiger partial charge on any atom is -0.444 e. The number of allylic oxidation sites excluding steroid dienone is 1. The van der Waals surface area contributed by atoms with Crippen molar-refractivity contribution in [2.24, 2.45) is 0 Å². The van der Waals surface area contributed by atoms with E-state index < -0.39 is 11.7 Å². The van der Waals surface area contributed by atoms with Crippen LogP contribution in [0.2, 0.25) is 0 Å². The van der Waals surface area contributed by atoms with Crippen LogP contribution in [0.5, 0.6) is 0 Å². The number of pyridine rings is 1. The van der Waals surface area contributed by atoms with E-state index in [9.17, 15) is 9.59 Å². The maximum Gasteiger partial charge on any atom is 0.421 e. The number of ether oxygens (including phenoxy) is 1. The number of anilines is 2. The number of aromatic nitrogens is 1. The molecule has 1 aromatic carbocycles. The van der Waals surface area contributed by atoms with Crippen molar-refractivity contribution in [2.75, 3.05) is 43.5 Å². The molecule has 8 heteroatoms. The van der Waals surface area contributed by atoms with Gasteiger partial charge in [-0.1, -0.05) is 43.3 Å². The molecule has 0 radical (unpaired) electrons. The summed E-state index contributed by atoms with van der Waals surface area (Å²) < 4.78 is 6.36. The fraction of sp³-hybridized carbons (Fsp3) is 0.333. The minimum absolute atomic E-state index is 0.0289. The number of nitrogens with one attached hydrogen (secondary N) is 1. The molecule has 0 spiro atoms. The molecule has 1 aliphatic rings. The van der Waals surface area contributed by atoms with Crippen LogP contribution in [0, 0.1) is 12.5 Å². The normalized spacial score (nSPS) is 14.2. The van der Waals surface area contributed by atoms with Crippen molar-refractivity contribution in [2.45, 2.75) is 20.0 Å². The van der Waals surface area contributed by atoms with Gasteiger partial charge < -0.3 is 15.8 Å². The molecule has 1 aliphatic heterocycles. The molecule has 0 atom stereocenters. The number of benzene rings is 1. The number of hydrogen-bond acceptors (Lipinski definition) is 7. The fourth-order valence-electron chi connectivity index (χ4n) is 3.59. The van der Waals surface area contributed by atoms with E-state index >= 15 is 0 Å². The zero-order valence-corrected chi connectivity index (χ0v) is 18.3. The Labute approximate surface area is 188 Å². The first-order valence-electron chi connectivity index (χ1n) is 10.5. The maximum atomic E-state index is 13.5. The molecule has 0 unspecified atom stereocenters. The second-order valence-corrected chi connectivity index (χ2v) is 7.71. The van der Waals surface area contributed by atoms with Crippen molar-refractivity contribution in [1.29, 1.82) is 0 Å². The summed E-state index contributed by atoms with van der Waals surface area (Å²) >= 11 is 0. The lowest BCUT2D eigenvalue weighted by atomic mass is 10.1. The van der Waals surface area contributed by atoms with Gasteiger partial charge >= 0.3 is 6.09 Å². The van der Waals surface area contributed by atoms with E-state index in [1.807, 2.05) is 30.3 Å². The Morgan fingerprint density at radius 2 is 2.06 bits per heavy atom. The Hall–Kier alpha value is -3.54. The van der Waals surface area contributed by atoms with Crippen LogP contribution in [-0.2, 0) is 11.3 Å². The van der Waals surface area contributed by atoms with Crippen molar-refractivity contribution in [3.63, 3.8) is 0 Å². The number of rotatable bonds is 6. The van der Waals surface area contributed by atoms with Gasteiger partial charge in [-0.05, 0) is 37.1 Å². The van der Waals surface area contributed by atoms with Crippen molar-refractivity contribution >= 4 is 23.0 Å². The summed E-state index contributed by atoms with van der Waals surface area (Å²) in [6, 6.07) is 13.3. The highest BCUT2D eigenvalue weighted by Gasteiger charge is 2.24. The minimum atomic E-state index is -0.811. The number of carbonyl (C=O) groups is 1. The van der Waals surface area contributed by atoms with Crippen LogP contribution >= 0.6 is 0 Å². The van der Waals surface area contributed by atoms with Crippen LogP contribution in [0.4, 0.5) is 16.2 Å². The van der Waals surface area contributed by atoms with Gasteiger partial charge in [-0.2, -0.15) is 0 Å². The lowest BCUT2D eigenvalue weighted by molar-refractivity contribution is 0.140. The molecule has 1 aromatic heterocycles. The monoisotopic (exact) mass is 435 g/mol. The number of nitrogens with two attached hydrogens (primary N) is 1. The Morgan fingerprint density at radius 1 is 1.31 bits per heavy atom. The molecule has 2 heterocycles. The first-order valence-corrected chi connectivity index (χ1v) is 10.5. The van der Waals surface area contributed by atoms with Gasteiger partial charge in [-0.25, -0.2) is 9.36 Å². The molecule has 1 saturated heterocycles. The number of carbonyl (C=O) groups excluding carboxylic acids is 1. The lowest BCUT2D eigenvalue weighted by Gasteiger charge is -2.27. The zero-order valence-electron chi connectivity index (χ0n) is 18.3. The number of nitrogens with zero attached hydrogens (tertiary/aromatic N) is 3. The fourth-order valence-corrected chi connectivity index (χ4v) is 3.59. The Morgan fingerprint density at radius 3 is 2.75 bits per heavy atom. The summed E-state index contributed by atoms with van der Waals surface area (Å²) in [5.74, 6) is 0. The van der Waals surface area contributed by atoms with Crippen LogP contribution in [0.3, 0.4) is 0 Å². The zero-order chi connectivity index (χ0) is 23.1. The Balaban J connectivity index is 1.94. The van der Waals surface area contributed by atoms with Gasteiger partial charge in [0.05, 0.1) is 18.1 Å². The quantitative estimate of drug-likeness (QED) is 0.531. The van der Waals surface area contributed by atoms with E-state index in [4.69, 9.17) is 16.9 Å². The average molecular weight is 436 g/mol. The highest BCUT2D eigenvalue weighted by molar-refractivity contribution is 5.82.